The largest absolute Gasteiger partial charge is 0.325 e. The van der Waals surface area contributed by atoms with Crippen LogP contribution in [-0.4, -0.2) is 24.3 Å². The van der Waals surface area contributed by atoms with Gasteiger partial charge < -0.3 is 5.73 Å². The van der Waals surface area contributed by atoms with Crippen molar-refractivity contribution in [3.8, 4) is 0 Å². The van der Waals surface area contributed by atoms with Crippen LogP contribution in [-0.2, 0) is 20.1 Å². The van der Waals surface area contributed by atoms with Crippen LogP contribution in [0.4, 0.5) is 0 Å². The molecule has 20 heavy (non-hydrogen) atoms. The molecular weight excluding hydrogens is 256 g/mol. The topological polar surface area (TPSA) is 91.6 Å². The lowest BCUT2D eigenvalue weighted by Gasteiger charge is -2.08. The number of pyridine rings is 1. The van der Waals surface area contributed by atoms with Gasteiger partial charge >= 0.3 is 0 Å². The Bertz CT molecular complexity index is 819. The van der Waals surface area contributed by atoms with Crippen molar-refractivity contribution >= 4 is 11.0 Å². The molecule has 3 aromatic heterocycles. The van der Waals surface area contributed by atoms with Crippen molar-refractivity contribution in [2.24, 2.45) is 12.8 Å². The Morgan fingerprint density at radius 1 is 1.35 bits per heavy atom. The number of nitrogens with two attached hydrogens (primary N) is 1. The fourth-order valence-electron chi connectivity index (χ4n) is 2.16. The molecule has 7 nitrogen and oxygen atoms in total. The van der Waals surface area contributed by atoms with Crippen molar-refractivity contribution in [2.75, 3.05) is 0 Å². The van der Waals surface area contributed by atoms with E-state index in [1.807, 2.05) is 12.1 Å². The second kappa shape index (κ2) is 4.86. The maximum atomic E-state index is 12.4. The predicted molar refractivity (Wildman–Crippen MR) is 74.0 cm³/mol. The van der Waals surface area contributed by atoms with Gasteiger partial charge in [-0.25, -0.2) is 4.98 Å². The van der Waals surface area contributed by atoms with Gasteiger partial charge in [0.1, 0.15) is 11.7 Å². The molecule has 0 amide bonds. The van der Waals surface area contributed by atoms with Crippen LogP contribution in [0.15, 0.2) is 35.6 Å². The molecule has 2 N–H and O–H groups in total. The fraction of sp³-hybridized carbons (Fsp3) is 0.231. The van der Waals surface area contributed by atoms with Crippen LogP contribution in [0.1, 0.15) is 11.3 Å². The highest BCUT2D eigenvalue weighted by molar-refractivity contribution is 5.72. The average Bonchev–Trinajstić information content (AvgIpc) is 2.85. The lowest BCUT2D eigenvalue weighted by molar-refractivity contribution is 0.725. The van der Waals surface area contributed by atoms with Gasteiger partial charge in [-0.3, -0.25) is 19.0 Å². The van der Waals surface area contributed by atoms with Gasteiger partial charge in [-0.05, 0) is 11.6 Å². The molecule has 0 atom stereocenters. The van der Waals surface area contributed by atoms with Crippen molar-refractivity contribution in [1.29, 1.82) is 0 Å². The lowest BCUT2D eigenvalue weighted by Crippen LogP contribution is -2.22. The molecular formula is C13H14N6O. The minimum absolute atomic E-state index is 0.116. The molecule has 0 saturated carbocycles. The van der Waals surface area contributed by atoms with Crippen LogP contribution in [0.25, 0.3) is 11.0 Å². The van der Waals surface area contributed by atoms with E-state index >= 15 is 0 Å². The third-order valence-electron chi connectivity index (χ3n) is 3.24. The summed E-state index contributed by atoms with van der Waals surface area (Å²) >= 11 is 0. The fourth-order valence-corrected chi connectivity index (χ4v) is 2.16. The number of fused-ring (bicyclic) bond motifs is 1. The highest BCUT2D eigenvalue weighted by atomic mass is 16.1. The van der Waals surface area contributed by atoms with E-state index in [1.54, 1.807) is 22.5 Å². The Hall–Kier alpha value is -2.54. The maximum Gasteiger partial charge on any atom is 0.264 e. The van der Waals surface area contributed by atoms with Crippen LogP contribution in [0, 0.1) is 0 Å². The summed E-state index contributed by atoms with van der Waals surface area (Å²) in [6, 6.07) is 3.74. The van der Waals surface area contributed by atoms with Gasteiger partial charge in [0.05, 0.1) is 18.4 Å². The van der Waals surface area contributed by atoms with Gasteiger partial charge in [0, 0.05) is 19.8 Å². The Kier molecular flexibility index (Phi) is 3.03. The summed E-state index contributed by atoms with van der Waals surface area (Å²) in [7, 11) is 1.76. The summed E-state index contributed by atoms with van der Waals surface area (Å²) < 4.78 is 3.12. The van der Waals surface area contributed by atoms with E-state index in [0.717, 1.165) is 11.3 Å². The highest BCUT2D eigenvalue weighted by Gasteiger charge is 2.09. The average molecular weight is 270 g/mol. The van der Waals surface area contributed by atoms with E-state index in [1.165, 1.54) is 12.5 Å². The summed E-state index contributed by atoms with van der Waals surface area (Å²) in [5.74, 6) is 0. The van der Waals surface area contributed by atoms with Crippen molar-refractivity contribution < 1.29 is 0 Å². The van der Waals surface area contributed by atoms with Crippen molar-refractivity contribution in [3.63, 3.8) is 0 Å². The van der Waals surface area contributed by atoms with Crippen molar-refractivity contribution in [1.82, 2.24) is 24.3 Å². The lowest BCUT2D eigenvalue weighted by atomic mass is 10.2. The van der Waals surface area contributed by atoms with Crippen molar-refractivity contribution in [2.45, 2.75) is 13.1 Å². The third-order valence-corrected chi connectivity index (χ3v) is 3.24. The van der Waals surface area contributed by atoms with E-state index < -0.39 is 0 Å². The summed E-state index contributed by atoms with van der Waals surface area (Å²) in [5.41, 5.74) is 7.82. The summed E-state index contributed by atoms with van der Waals surface area (Å²) in [6.07, 6.45) is 4.75. The molecule has 0 aromatic carbocycles. The number of nitrogens with zero attached hydrogens (tertiary/aromatic N) is 5. The standard InChI is InChI=1S/C13H14N6O/c1-18-12-10(6-17-18)13(20)19(8-16-12)7-9-3-2-4-15-11(9)5-14/h2-4,6,8H,5,7,14H2,1H3. The molecule has 0 radical (unpaired) electrons. The number of aryl methyl sites for hydroxylation is 1. The number of rotatable bonds is 3. The molecule has 0 aliphatic heterocycles. The van der Waals surface area contributed by atoms with E-state index in [-0.39, 0.29) is 5.56 Å². The first kappa shape index (κ1) is 12.5. The van der Waals surface area contributed by atoms with Gasteiger partial charge in [-0.1, -0.05) is 6.07 Å². The SMILES string of the molecule is Cn1ncc2c(=O)n(Cc3cccnc3CN)cnc21. The Labute approximate surface area is 114 Å². The molecule has 0 saturated heterocycles. The van der Waals surface area contributed by atoms with Gasteiger partial charge in [-0.15, -0.1) is 0 Å². The highest BCUT2D eigenvalue weighted by Crippen LogP contribution is 2.08. The second-order valence-corrected chi connectivity index (χ2v) is 4.50. The van der Waals surface area contributed by atoms with Crippen LogP contribution >= 0.6 is 0 Å². The predicted octanol–water partition coefficient (Wildman–Crippen LogP) is 0.0320. The number of hydrogen-bond acceptors (Lipinski definition) is 5. The maximum absolute atomic E-state index is 12.4. The summed E-state index contributed by atoms with van der Waals surface area (Å²) in [6.45, 7) is 0.741. The normalized spacial score (nSPS) is 11.1. The first-order valence-corrected chi connectivity index (χ1v) is 6.20. The molecule has 0 bridgehead atoms. The Morgan fingerprint density at radius 3 is 3.00 bits per heavy atom. The molecule has 7 heteroatoms. The summed E-state index contributed by atoms with van der Waals surface area (Å²) in [5, 5.41) is 4.55. The van der Waals surface area contributed by atoms with E-state index in [9.17, 15) is 4.79 Å². The first-order valence-electron chi connectivity index (χ1n) is 6.20. The molecule has 0 aliphatic carbocycles. The molecule has 3 rings (SSSR count). The number of hydrogen-bond donors (Lipinski definition) is 1. The molecule has 0 unspecified atom stereocenters. The smallest absolute Gasteiger partial charge is 0.264 e. The minimum atomic E-state index is -0.116. The van der Waals surface area contributed by atoms with E-state index in [2.05, 4.69) is 15.1 Å². The molecule has 0 spiro atoms. The quantitative estimate of drug-likeness (QED) is 0.725. The van der Waals surface area contributed by atoms with Crippen molar-refractivity contribution in [3.05, 3.63) is 52.5 Å². The zero-order valence-electron chi connectivity index (χ0n) is 11.0. The van der Waals surface area contributed by atoms with Gasteiger partial charge in [0.15, 0.2) is 5.65 Å². The third kappa shape index (κ3) is 1.97. The first-order chi connectivity index (χ1) is 9.70. The molecule has 3 aromatic rings. The van der Waals surface area contributed by atoms with Crippen LogP contribution in [0.3, 0.4) is 0 Å². The molecule has 102 valence electrons. The minimum Gasteiger partial charge on any atom is -0.325 e. The summed E-state index contributed by atoms with van der Waals surface area (Å²) in [4.78, 5) is 20.8. The van der Waals surface area contributed by atoms with Gasteiger partial charge in [0.25, 0.3) is 5.56 Å². The van der Waals surface area contributed by atoms with E-state index in [0.29, 0.717) is 24.1 Å². The van der Waals surface area contributed by atoms with Gasteiger partial charge in [-0.2, -0.15) is 5.10 Å². The zero-order chi connectivity index (χ0) is 14.1. The van der Waals surface area contributed by atoms with Crippen LogP contribution in [0.5, 0.6) is 0 Å². The second-order valence-electron chi connectivity index (χ2n) is 4.50. The number of aromatic nitrogens is 5. The Balaban J connectivity index is 2.07. The monoisotopic (exact) mass is 270 g/mol. The Morgan fingerprint density at radius 2 is 2.20 bits per heavy atom. The molecule has 3 heterocycles. The zero-order valence-corrected chi connectivity index (χ0v) is 11.0. The molecule has 0 aliphatic rings. The van der Waals surface area contributed by atoms with Crippen LogP contribution < -0.4 is 11.3 Å². The van der Waals surface area contributed by atoms with E-state index in [4.69, 9.17) is 5.73 Å². The van der Waals surface area contributed by atoms with Gasteiger partial charge in [0.2, 0.25) is 0 Å². The molecule has 0 fully saturated rings. The van der Waals surface area contributed by atoms with Crippen LogP contribution in [0.2, 0.25) is 0 Å².